The molecule has 2 aromatic carbocycles. The summed E-state index contributed by atoms with van der Waals surface area (Å²) in [7, 11) is 3.33. The first-order valence-electron chi connectivity index (χ1n) is 13.5. The topological polar surface area (TPSA) is 104 Å². The molecule has 0 radical (unpaired) electrons. The molecule has 0 aliphatic heterocycles. The van der Waals surface area contributed by atoms with E-state index in [1.807, 2.05) is 51.2 Å². The van der Waals surface area contributed by atoms with E-state index in [1.54, 1.807) is 31.3 Å². The molecule has 0 atom stereocenters. The number of aromatic nitrogens is 4. The average Bonchev–Trinajstić information content (AvgIpc) is 3.37. The summed E-state index contributed by atoms with van der Waals surface area (Å²) in [5.74, 6) is 1.50. The van der Waals surface area contributed by atoms with E-state index in [-0.39, 0.29) is 0 Å². The molecule has 1 N–H and O–H groups in total. The Hall–Kier alpha value is -4.34. The van der Waals surface area contributed by atoms with Gasteiger partial charge >= 0.3 is 6.09 Å². The van der Waals surface area contributed by atoms with E-state index in [0.717, 1.165) is 58.0 Å². The Morgan fingerprint density at radius 3 is 2.42 bits per heavy atom. The molecular formula is C30H36N6O4. The number of nitrogens with one attached hydrogen (secondary N) is 1. The molecule has 0 unspecified atom stereocenters. The lowest BCUT2D eigenvalue weighted by atomic mass is 9.90. The molecule has 1 aliphatic rings. The van der Waals surface area contributed by atoms with Crippen LogP contribution < -0.4 is 19.7 Å². The molecule has 10 heteroatoms. The van der Waals surface area contributed by atoms with Gasteiger partial charge in [0.15, 0.2) is 0 Å². The van der Waals surface area contributed by atoms with Crippen molar-refractivity contribution in [1.29, 1.82) is 0 Å². The van der Waals surface area contributed by atoms with E-state index in [1.165, 1.54) is 6.42 Å². The highest BCUT2D eigenvalue weighted by Gasteiger charge is 2.28. The standard InChI is InChI=1S/C30H36N6O4/c1-30(2,3)40-29(37)31-11-12-35-19-20(17-33-35)28-18-32-26-10-9-22(15-27(26)34-28)36(21-7-6-8-21)23-13-24(38-4)16-25(14-23)39-5/h9-10,13-19,21H,6-8,11-12H2,1-5H3,(H,31,37). The smallest absolute Gasteiger partial charge is 0.407 e. The van der Waals surface area contributed by atoms with Crippen molar-refractivity contribution in [2.75, 3.05) is 25.7 Å². The van der Waals surface area contributed by atoms with Crippen LogP contribution in [0.2, 0.25) is 0 Å². The van der Waals surface area contributed by atoms with E-state index in [2.05, 4.69) is 32.4 Å². The molecule has 10 nitrogen and oxygen atoms in total. The molecule has 1 saturated carbocycles. The van der Waals surface area contributed by atoms with Crippen LogP contribution in [0.25, 0.3) is 22.3 Å². The number of alkyl carbamates (subject to hydrolysis) is 1. The summed E-state index contributed by atoms with van der Waals surface area (Å²) < 4.78 is 18.1. The van der Waals surface area contributed by atoms with Gasteiger partial charge in [0.2, 0.25) is 0 Å². The average molecular weight is 545 g/mol. The lowest BCUT2D eigenvalue weighted by Gasteiger charge is -2.39. The third kappa shape index (κ3) is 6.27. The van der Waals surface area contributed by atoms with Gasteiger partial charge in [0.1, 0.15) is 17.1 Å². The number of hydrogen-bond donors (Lipinski definition) is 1. The van der Waals surface area contributed by atoms with Gasteiger partial charge in [-0.3, -0.25) is 9.67 Å². The molecule has 2 aromatic heterocycles. The molecule has 1 aliphatic carbocycles. The maximum absolute atomic E-state index is 11.9. The van der Waals surface area contributed by atoms with Crippen molar-refractivity contribution >= 4 is 28.5 Å². The number of carbonyl (C=O) groups is 1. The van der Waals surface area contributed by atoms with Crippen molar-refractivity contribution in [1.82, 2.24) is 25.1 Å². The van der Waals surface area contributed by atoms with Gasteiger partial charge < -0.3 is 24.4 Å². The van der Waals surface area contributed by atoms with Crippen molar-refractivity contribution in [3.63, 3.8) is 0 Å². The Labute approximate surface area is 234 Å². The maximum atomic E-state index is 11.9. The highest BCUT2D eigenvalue weighted by molar-refractivity contribution is 5.83. The Kier molecular flexibility index (Phi) is 7.77. The van der Waals surface area contributed by atoms with Crippen molar-refractivity contribution in [3.8, 4) is 22.8 Å². The lowest BCUT2D eigenvalue weighted by Crippen LogP contribution is -2.36. The van der Waals surface area contributed by atoms with Crippen molar-refractivity contribution in [3.05, 3.63) is 55.0 Å². The number of fused-ring (bicyclic) bond motifs is 1. The van der Waals surface area contributed by atoms with Crippen LogP contribution in [0, 0.1) is 0 Å². The zero-order valence-corrected chi connectivity index (χ0v) is 23.7. The second-order valence-electron chi connectivity index (χ2n) is 10.9. The maximum Gasteiger partial charge on any atom is 0.407 e. The first-order chi connectivity index (χ1) is 19.2. The SMILES string of the molecule is COc1cc(OC)cc(N(c2ccc3ncc(-c4cnn(CCNC(=O)OC(C)(C)C)c4)nc3c2)C2CCC2)c1. The van der Waals surface area contributed by atoms with Gasteiger partial charge in [0, 0.05) is 53.9 Å². The molecule has 210 valence electrons. The normalized spacial score (nSPS) is 13.5. The van der Waals surface area contributed by atoms with Gasteiger partial charge in [-0.05, 0) is 58.2 Å². The van der Waals surface area contributed by atoms with Gasteiger partial charge in [-0.1, -0.05) is 0 Å². The van der Waals surface area contributed by atoms with Gasteiger partial charge in [-0.15, -0.1) is 0 Å². The monoisotopic (exact) mass is 544 g/mol. The molecule has 0 saturated heterocycles. The quantitative estimate of drug-likeness (QED) is 0.285. The summed E-state index contributed by atoms with van der Waals surface area (Å²) >= 11 is 0. The summed E-state index contributed by atoms with van der Waals surface area (Å²) in [6, 6.07) is 12.5. The fourth-order valence-corrected chi connectivity index (χ4v) is 4.64. The lowest BCUT2D eigenvalue weighted by molar-refractivity contribution is 0.0525. The predicted molar refractivity (Wildman–Crippen MR) is 154 cm³/mol. The molecule has 1 fully saturated rings. The molecule has 0 spiro atoms. The second-order valence-corrected chi connectivity index (χ2v) is 10.9. The zero-order chi connectivity index (χ0) is 28.3. The van der Waals surface area contributed by atoms with Gasteiger partial charge in [0.25, 0.3) is 0 Å². The summed E-state index contributed by atoms with van der Waals surface area (Å²) in [6.07, 6.45) is 8.42. The molecule has 2 heterocycles. The molecular weight excluding hydrogens is 508 g/mol. The van der Waals surface area contributed by atoms with Crippen LogP contribution in [0.4, 0.5) is 16.2 Å². The number of anilines is 2. The van der Waals surface area contributed by atoms with Crippen LogP contribution in [0.3, 0.4) is 0 Å². The molecule has 5 rings (SSSR count). The third-order valence-electron chi connectivity index (χ3n) is 6.80. The molecule has 4 aromatic rings. The van der Waals surface area contributed by atoms with Gasteiger partial charge in [0.05, 0.1) is 49.9 Å². The first kappa shape index (κ1) is 27.2. The largest absolute Gasteiger partial charge is 0.497 e. The highest BCUT2D eigenvalue weighted by atomic mass is 16.6. The third-order valence-corrected chi connectivity index (χ3v) is 6.80. The Morgan fingerprint density at radius 2 is 1.77 bits per heavy atom. The van der Waals surface area contributed by atoms with Crippen LogP contribution in [-0.4, -0.2) is 58.2 Å². The van der Waals surface area contributed by atoms with Crippen LogP contribution in [0.1, 0.15) is 40.0 Å². The van der Waals surface area contributed by atoms with E-state index >= 15 is 0 Å². The predicted octanol–water partition coefficient (Wildman–Crippen LogP) is 5.73. The summed E-state index contributed by atoms with van der Waals surface area (Å²) in [4.78, 5) is 23.8. The van der Waals surface area contributed by atoms with E-state index in [9.17, 15) is 4.79 Å². The van der Waals surface area contributed by atoms with E-state index < -0.39 is 11.7 Å². The zero-order valence-electron chi connectivity index (χ0n) is 23.7. The van der Waals surface area contributed by atoms with Crippen LogP contribution >= 0.6 is 0 Å². The number of nitrogens with zero attached hydrogens (tertiary/aromatic N) is 5. The Bertz CT molecular complexity index is 1470. The summed E-state index contributed by atoms with van der Waals surface area (Å²) in [6.45, 7) is 6.40. The minimum atomic E-state index is -0.534. The van der Waals surface area contributed by atoms with E-state index in [4.69, 9.17) is 19.2 Å². The fraction of sp³-hybridized carbons (Fsp3) is 0.400. The number of methoxy groups -OCH3 is 2. The van der Waals surface area contributed by atoms with Crippen LogP contribution in [-0.2, 0) is 11.3 Å². The minimum Gasteiger partial charge on any atom is -0.497 e. The number of amides is 1. The molecule has 0 bridgehead atoms. The van der Waals surface area contributed by atoms with E-state index in [0.29, 0.717) is 19.1 Å². The van der Waals surface area contributed by atoms with Crippen molar-refractivity contribution in [2.45, 2.75) is 58.2 Å². The number of hydrogen-bond acceptors (Lipinski definition) is 8. The molecule has 40 heavy (non-hydrogen) atoms. The second kappa shape index (κ2) is 11.4. The summed E-state index contributed by atoms with van der Waals surface area (Å²) in [5.41, 5.74) is 4.73. The van der Waals surface area contributed by atoms with Crippen molar-refractivity contribution < 1.29 is 19.0 Å². The number of rotatable bonds is 9. The number of ether oxygens (including phenoxy) is 3. The fourth-order valence-electron chi connectivity index (χ4n) is 4.64. The van der Waals surface area contributed by atoms with Gasteiger partial charge in [-0.25, -0.2) is 9.78 Å². The number of benzene rings is 2. The summed E-state index contributed by atoms with van der Waals surface area (Å²) in [5, 5.41) is 7.18. The van der Waals surface area contributed by atoms with Gasteiger partial charge in [-0.2, -0.15) is 5.10 Å². The van der Waals surface area contributed by atoms with Crippen molar-refractivity contribution in [2.24, 2.45) is 0 Å². The Balaban J connectivity index is 1.37. The minimum absolute atomic E-state index is 0.387. The van der Waals surface area contributed by atoms with Crippen LogP contribution in [0.15, 0.2) is 55.0 Å². The number of carbonyl (C=O) groups excluding carboxylic acids is 1. The highest BCUT2D eigenvalue weighted by Crippen LogP contribution is 2.40. The first-order valence-corrected chi connectivity index (χ1v) is 13.5. The molecule has 1 amide bonds. The van der Waals surface area contributed by atoms with Crippen LogP contribution in [0.5, 0.6) is 11.5 Å². The Morgan fingerprint density at radius 1 is 1.02 bits per heavy atom.